The summed E-state index contributed by atoms with van der Waals surface area (Å²) in [7, 11) is 0. The number of carbonyl (C=O) groups excluding carboxylic acids is 4. The second-order valence-corrected chi connectivity index (χ2v) is 11.3. The van der Waals surface area contributed by atoms with Crippen molar-refractivity contribution in [3.8, 4) is 11.5 Å². The van der Waals surface area contributed by atoms with Crippen LogP contribution in [0.25, 0.3) is 0 Å². The summed E-state index contributed by atoms with van der Waals surface area (Å²) in [4.78, 5) is 48.3. The molecule has 0 aliphatic carbocycles. The second kappa shape index (κ2) is 18.0. The lowest BCUT2D eigenvalue weighted by molar-refractivity contribution is -0.138. The third kappa shape index (κ3) is 10.2. The molecule has 2 heterocycles. The number of carbonyl (C=O) groups is 4. The molecule has 4 rings (SSSR count). The van der Waals surface area contributed by atoms with Crippen molar-refractivity contribution in [2.24, 2.45) is 0 Å². The highest BCUT2D eigenvalue weighted by atomic mass is 16.7. The van der Waals surface area contributed by atoms with Crippen molar-refractivity contribution in [2.45, 2.75) is 63.9 Å². The number of rotatable bonds is 18. The van der Waals surface area contributed by atoms with Crippen molar-refractivity contribution in [1.82, 2.24) is 0 Å². The average molecular weight is 667 g/mol. The Balaban J connectivity index is 1.20. The van der Waals surface area contributed by atoms with Crippen molar-refractivity contribution in [3.05, 3.63) is 84.0 Å². The minimum Gasteiger partial charge on any atom is -0.494 e. The summed E-state index contributed by atoms with van der Waals surface area (Å²) in [6, 6.07) is 10.2. The van der Waals surface area contributed by atoms with Gasteiger partial charge < -0.3 is 37.9 Å². The summed E-state index contributed by atoms with van der Waals surface area (Å²) in [5, 5.41) is 0. The summed E-state index contributed by atoms with van der Waals surface area (Å²) in [5.41, 5.74) is 2.15. The molecule has 0 amide bonds. The Labute approximate surface area is 279 Å². The number of fused-ring (bicyclic) bond motifs is 1. The maximum atomic E-state index is 13.1. The molecule has 2 saturated heterocycles. The van der Waals surface area contributed by atoms with Gasteiger partial charge in [0.05, 0.1) is 50.8 Å². The van der Waals surface area contributed by atoms with Gasteiger partial charge in [0, 0.05) is 12.2 Å². The maximum absolute atomic E-state index is 13.1. The number of hydrogen-bond acceptors (Lipinski definition) is 12. The Kier molecular flexibility index (Phi) is 13.6. The fourth-order valence-corrected chi connectivity index (χ4v) is 5.19. The van der Waals surface area contributed by atoms with Crippen LogP contribution in [0, 0.1) is 13.8 Å². The van der Waals surface area contributed by atoms with E-state index in [0.29, 0.717) is 85.9 Å². The normalized spacial score (nSPS) is 19.5. The number of ether oxygens (including phenoxy) is 8. The van der Waals surface area contributed by atoms with E-state index in [4.69, 9.17) is 37.9 Å². The van der Waals surface area contributed by atoms with E-state index < -0.39 is 48.3 Å². The first kappa shape index (κ1) is 36.2. The molecule has 2 aliphatic heterocycles. The molecule has 48 heavy (non-hydrogen) atoms. The Morgan fingerprint density at radius 3 is 1.44 bits per heavy atom. The predicted octanol–water partition coefficient (Wildman–Crippen LogP) is 4.63. The van der Waals surface area contributed by atoms with E-state index in [-0.39, 0.29) is 13.2 Å². The van der Waals surface area contributed by atoms with Crippen LogP contribution in [0.1, 0.15) is 57.5 Å². The molecule has 258 valence electrons. The lowest BCUT2D eigenvalue weighted by atomic mass is 10.1. The standard InChI is InChI=1S/C36H42O12/c1-5-31(37)43-17-9-7-15-41-25-11-13-27(23(3)19-25)35(39)47-29-21-45-34-30(22-46-33(29)34)48-36(40)28-14-12-26(20-24(28)4)42-16-8-10-18-44-32(38)6-2/h5-6,11-14,19-20,29-30,33-34H,1-2,7-10,15-18,21-22H2,3-4H3/t29-,30-,33-,34-/m1/s1. The van der Waals surface area contributed by atoms with E-state index in [0.717, 1.165) is 12.2 Å². The van der Waals surface area contributed by atoms with Crippen LogP contribution in [0.15, 0.2) is 61.7 Å². The molecule has 2 aromatic carbocycles. The molecule has 2 fully saturated rings. The summed E-state index contributed by atoms with van der Waals surface area (Å²) in [5.74, 6) is -0.720. The second-order valence-electron chi connectivity index (χ2n) is 11.3. The van der Waals surface area contributed by atoms with Crippen LogP contribution in [0.2, 0.25) is 0 Å². The van der Waals surface area contributed by atoms with Gasteiger partial charge in [0.2, 0.25) is 0 Å². The van der Waals surface area contributed by atoms with E-state index >= 15 is 0 Å². The van der Waals surface area contributed by atoms with Crippen LogP contribution in [0.3, 0.4) is 0 Å². The van der Waals surface area contributed by atoms with Crippen LogP contribution < -0.4 is 9.47 Å². The summed E-state index contributed by atoms with van der Waals surface area (Å²) >= 11 is 0. The Bertz CT molecular complexity index is 1360. The fourth-order valence-electron chi connectivity index (χ4n) is 5.19. The number of hydrogen-bond donors (Lipinski definition) is 0. The topological polar surface area (TPSA) is 142 Å². The summed E-state index contributed by atoms with van der Waals surface area (Å²) < 4.78 is 44.7. The molecule has 12 heteroatoms. The average Bonchev–Trinajstić information content (AvgIpc) is 3.66. The quantitative estimate of drug-likeness (QED) is 0.0948. The fraction of sp³-hybridized carbons (Fsp3) is 0.444. The van der Waals surface area contributed by atoms with E-state index in [1.165, 1.54) is 0 Å². The summed E-state index contributed by atoms with van der Waals surface area (Å²) in [6.07, 6.45) is 2.46. The smallest absolute Gasteiger partial charge is 0.338 e. The third-order valence-corrected chi connectivity index (χ3v) is 7.75. The Morgan fingerprint density at radius 2 is 1.06 bits per heavy atom. The zero-order chi connectivity index (χ0) is 34.5. The zero-order valence-electron chi connectivity index (χ0n) is 27.3. The SMILES string of the molecule is C=CC(=O)OCCCCOc1ccc(C(=O)O[C@@H]2CO[C@H]3[C@@H]2OC[C@H]3OC(=O)c2ccc(OCCCCOC(=O)C=C)cc2C)c(C)c1. The molecule has 12 nitrogen and oxygen atoms in total. The maximum Gasteiger partial charge on any atom is 0.338 e. The first-order valence-electron chi connectivity index (χ1n) is 15.9. The first-order chi connectivity index (χ1) is 23.2. The molecule has 2 aliphatic rings. The van der Waals surface area contributed by atoms with Gasteiger partial charge in [0.1, 0.15) is 23.7 Å². The van der Waals surface area contributed by atoms with Gasteiger partial charge in [-0.25, -0.2) is 19.2 Å². The van der Waals surface area contributed by atoms with Crippen molar-refractivity contribution in [1.29, 1.82) is 0 Å². The van der Waals surface area contributed by atoms with Gasteiger partial charge in [0.15, 0.2) is 12.2 Å². The van der Waals surface area contributed by atoms with Crippen LogP contribution in [-0.2, 0) is 38.0 Å². The molecule has 0 aromatic heterocycles. The first-order valence-corrected chi connectivity index (χ1v) is 15.9. The minimum absolute atomic E-state index is 0.110. The Hall–Kier alpha value is -4.68. The van der Waals surface area contributed by atoms with Crippen molar-refractivity contribution in [2.75, 3.05) is 39.6 Å². The molecule has 0 bridgehead atoms. The van der Waals surface area contributed by atoms with Gasteiger partial charge in [-0.05, 0) is 87.1 Å². The molecular weight excluding hydrogens is 624 g/mol. The van der Waals surface area contributed by atoms with Gasteiger partial charge in [0.25, 0.3) is 0 Å². The monoisotopic (exact) mass is 666 g/mol. The predicted molar refractivity (Wildman–Crippen MR) is 172 cm³/mol. The molecule has 4 atom stereocenters. The van der Waals surface area contributed by atoms with Crippen LogP contribution in [0.4, 0.5) is 0 Å². The van der Waals surface area contributed by atoms with Gasteiger partial charge in [-0.2, -0.15) is 0 Å². The molecular formula is C36H42O12. The van der Waals surface area contributed by atoms with Crippen LogP contribution in [-0.4, -0.2) is 87.9 Å². The van der Waals surface area contributed by atoms with E-state index in [9.17, 15) is 19.2 Å². The molecule has 0 unspecified atom stereocenters. The van der Waals surface area contributed by atoms with Crippen LogP contribution >= 0.6 is 0 Å². The Morgan fingerprint density at radius 1 is 0.667 bits per heavy atom. The highest BCUT2D eigenvalue weighted by molar-refractivity contribution is 5.92. The van der Waals surface area contributed by atoms with Gasteiger partial charge in [-0.1, -0.05) is 13.2 Å². The zero-order valence-corrected chi connectivity index (χ0v) is 27.3. The molecule has 0 spiro atoms. The largest absolute Gasteiger partial charge is 0.494 e. The lowest BCUT2D eigenvalue weighted by Gasteiger charge is -2.18. The third-order valence-electron chi connectivity index (χ3n) is 7.75. The van der Waals surface area contributed by atoms with Crippen molar-refractivity contribution < 1.29 is 57.1 Å². The summed E-state index contributed by atoms with van der Waals surface area (Å²) in [6.45, 7) is 12.0. The van der Waals surface area contributed by atoms with Gasteiger partial charge >= 0.3 is 23.9 Å². The molecule has 0 N–H and O–H groups in total. The molecule has 0 saturated carbocycles. The number of benzene rings is 2. The number of unbranched alkanes of at least 4 members (excludes halogenated alkanes) is 2. The number of aryl methyl sites for hydroxylation is 2. The lowest BCUT2D eigenvalue weighted by Crippen LogP contribution is -2.36. The van der Waals surface area contributed by atoms with E-state index in [1.54, 1.807) is 50.2 Å². The highest BCUT2D eigenvalue weighted by Gasteiger charge is 2.51. The van der Waals surface area contributed by atoms with Crippen molar-refractivity contribution >= 4 is 23.9 Å². The molecule has 0 radical (unpaired) electrons. The van der Waals surface area contributed by atoms with E-state index in [1.807, 2.05) is 0 Å². The minimum atomic E-state index is -0.663. The van der Waals surface area contributed by atoms with E-state index in [2.05, 4.69) is 13.2 Å². The highest BCUT2D eigenvalue weighted by Crippen LogP contribution is 2.32. The van der Waals surface area contributed by atoms with Crippen LogP contribution in [0.5, 0.6) is 11.5 Å². The van der Waals surface area contributed by atoms with Gasteiger partial charge in [-0.15, -0.1) is 0 Å². The van der Waals surface area contributed by atoms with Crippen molar-refractivity contribution in [3.63, 3.8) is 0 Å². The number of esters is 4. The van der Waals surface area contributed by atoms with Gasteiger partial charge in [-0.3, -0.25) is 0 Å². The molecule has 2 aromatic rings.